The number of likely N-dealkylation sites (tertiary alicyclic amines) is 2. The number of alkyl halides is 3. The van der Waals surface area contributed by atoms with Gasteiger partial charge >= 0.3 is 25.7 Å². The van der Waals surface area contributed by atoms with Crippen LogP contribution in [0.2, 0.25) is 0 Å². The normalized spacial score (nSPS) is 20.3. The number of benzene rings is 1. The van der Waals surface area contributed by atoms with Gasteiger partial charge in [-0.25, -0.2) is 27.9 Å². The van der Waals surface area contributed by atoms with E-state index in [1.807, 2.05) is 0 Å². The Morgan fingerprint density at radius 2 is 1.78 bits per heavy atom. The van der Waals surface area contributed by atoms with Crippen LogP contribution in [-0.4, -0.2) is 84.0 Å². The smallest absolute Gasteiger partial charge is 0.331 e. The Balaban J connectivity index is 1.29. The van der Waals surface area contributed by atoms with E-state index in [1.165, 1.54) is 27.8 Å². The Morgan fingerprint density at radius 3 is 2.46 bits per heavy atom. The van der Waals surface area contributed by atoms with Crippen molar-refractivity contribution in [3.8, 4) is 0 Å². The summed E-state index contributed by atoms with van der Waals surface area (Å²) < 4.78 is 86.7. The highest BCUT2D eigenvalue weighted by atomic mass is 31.2. The largest absolute Gasteiger partial charge is 0.471 e. The number of urea groups is 1. The molecule has 3 amide bonds. The van der Waals surface area contributed by atoms with Crippen LogP contribution in [0.15, 0.2) is 41.3 Å². The number of carbonyl (C=O) groups excluding carboxylic acids is 2. The average Bonchev–Trinajstić information content (AvgIpc) is 3.19. The zero-order valence-electron chi connectivity index (χ0n) is 24.1. The molecule has 0 unspecified atom stereocenters. The predicted octanol–water partition coefficient (Wildman–Crippen LogP) is 3.23. The molecular weight excluding hydrogens is 646 g/mol. The molecule has 2 fully saturated rings. The van der Waals surface area contributed by atoms with Crippen LogP contribution in [0.1, 0.15) is 43.2 Å². The summed E-state index contributed by atoms with van der Waals surface area (Å²) in [7, 11) is -4.89. The lowest BCUT2D eigenvalue weighted by Crippen LogP contribution is -2.54. The van der Waals surface area contributed by atoms with Gasteiger partial charge in [0.1, 0.15) is 19.3 Å². The summed E-state index contributed by atoms with van der Waals surface area (Å²) in [4.78, 5) is 63.8. The number of halogens is 5. The summed E-state index contributed by atoms with van der Waals surface area (Å²) in [6.07, 6.45) is -3.00. The van der Waals surface area contributed by atoms with E-state index in [4.69, 9.17) is 9.79 Å². The van der Waals surface area contributed by atoms with Crippen molar-refractivity contribution in [3.63, 3.8) is 0 Å². The molecule has 0 saturated carbocycles. The first kappa shape index (κ1) is 33.5. The van der Waals surface area contributed by atoms with Gasteiger partial charge in [0.05, 0.1) is 5.52 Å². The number of imidazole rings is 1. The van der Waals surface area contributed by atoms with Gasteiger partial charge in [-0.2, -0.15) is 13.2 Å². The molecule has 0 aliphatic carbocycles. The van der Waals surface area contributed by atoms with Crippen LogP contribution in [0.4, 0.5) is 26.7 Å². The molecule has 2 aliphatic rings. The number of hydrogen-bond donors (Lipinski definition) is 3. The summed E-state index contributed by atoms with van der Waals surface area (Å²) in [5.74, 6) is -4.31. The number of nitrogens with one attached hydrogen (secondary N) is 1. The van der Waals surface area contributed by atoms with Crippen molar-refractivity contribution in [2.75, 3.05) is 26.2 Å². The van der Waals surface area contributed by atoms with E-state index in [-0.39, 0.29) is 50.0 Å². The minimum Gasteiger partial charge on any atom is -0.331 e. The second kappa shape index (κ2) is 13.1. The molecule has 2 atom stereocenters. The molecule has 1 aromatic carbocycles. The molecule has 2 saturated heterocycles. The highest BCUT2D eigenvalue weighted by molar-refractivity contribution is 7.46. The topological polar surface area (TPSA) is 159 Å². The fourth-order valence-corrected chi connectivity index (χ4v) is 6.29. The number of rotatable bonds is 7. The van der Waals surface area contributed by atoms with Gasteiger partial charge in [-0.15, -0.1) is 0 Å². The summed E-state index contributed by atoms with van der Waals surface area (Å²) in [5.41, 5.74) is -0.284. The van der Waals surface area contributed by atoms with Crippen LogP contribution in [0, 0.1) is 11.6 Å². The van der Waals surface area contributed by atoms with Gasteiger partial charge in [0, 0.05) is 37.8 Å². The second-order valence-electron chi connectivity index (χ2n) is 11.1. The third kappa shape index (κ3) is 7.40. The van der Waals surface area contributed by atoms with Crippen molar-refractivity contribution >= 4 is 30.9 Å². The number of nitrogens with zero attached hydrogens (tertiary/aromatic N) is 5. The molecule has 2 aliphatic heterocycles. The van der Waals surface area contributed by atoms with Crippen LogP contribution in [-0.2, 0) is 20.6 Å². The average molecular weight is 677 g/mol. The first-order valence-electron chi connectivity index (χ1n) is 14.2. The minimum atomic E-state index is -4.89. The number of phosphoric acid groups is 1. The maximum atomic E-state index is 14.5. The first-order valence-corrected chi connectivity index (χ1v) is 15.8. The van der Waals surface area contributed by atoms with Crippen molar-refractivity contribution < 1.29 is 50.4 Å². The molecule has 13 nitrogen and oxygen atoms in total. The van der Waals surface area contributed by atoms with E-state index < -0.39 is 81.1 Å². The third-order valence-corrected chi connectivity index (χ3v) is 8.59. The van der Waals surface area contributed by atoms with Gasteiger partial charge in [0.2, 0.25) is 5.91 Å². The molecule has 0 spiro atoms. The van der Waals surface area contributed by atoms with Crippen molar-refractivity contribution in [3.05, 3.63) is 64.2 Å². The number of aromatic nitrogens is 3. The van der Waals surface area contributed by atoms with Crippen LogP contribution in [0.3, 0.4) is 0 Å². The number of carbonyl (C=O) groups is 2. The van der Waals surface area contributed by atoms with Crippen molar-refractivity contribution in [2.24, 2.45) is 0 Å². The van der Waals surface area contributed by atoms with Crippen molar-refractivity contribution in [1.82, 2.24) is 29.2 Å². The Hall–Kier alpha value is -3.86. The maximum absolute atomic E-state index is 14.5. The molecule has 3 aromatic rings. The number of phosphoric ester groups is 1. The minimum absolute atomic E-state index is 0.000237. The fraction of sp³-hybridized carbons (Fsp3) is 0.481. The molecule has 46 heavy (non-hydrogen) atoms. The first-order chi connectivity index (χ1) is 21.6. The van der Waals surface area contributed by atoms with Gasteiger partial charge in [-0.05, 0) is 49.4 Å². The highest BCUT2D eigenvalue weighted by Gasteiger charge is 2.40. The van der Waals surface area contributed by atoms with Gasteiger partial charge < -0.3 is 24.9 Å². The van der Waals surface area contributed by atoms with E-state index in [0.717, 1.165) is 10.6 Å². The Bertz CT molecular complexity index is 1720. The van der Waals surface area contributed by atoms with Gasteiger partial charge in [-0.3, -0.25) is 18.5 Å². The van der Waals surface area contributed by atoms with E-state index in [2.05, 4.69) is 14.8 Å². The lowest BCUT2D eigenvalue weighted by Gasteiger charge is -2.34. The quantitative estimate of drug-likeness (QED) is 0.254. The summed E-state index contributed by atoms with van der Waals surface area (Å²) in [6, 6.07) is 4.02. The van der Waals surface area contributed by atoms with Crippen LogP contribution >= 0.6 is 7.82 Å². The van der Waals surface area contributed by atoms with Gasteiger partial charge in [-0.1, -0.05) is 12.1 Å². The summed E-state index contributed by atoms with van der Waals surface area (Å²) in [5, 5.41) is 2.51. The molecule has 5 rings (SSSR count). The Kier molecular flexibility index (Phi) is 9.54. The third-order valence-electron chi connectivity index (χ3n) is 8.13. The van der Waals surface area contributed by atoms with Crippen LogP contribution in [0.25, 0.3) is 11.2 Å². The number of amides is 3. The van der Waals surface area contributed by atoms with E-state index in [0.29, 0.717) is 10.4 Å². The summed E-state index contributed by atoms with van der Waals surface area (Å²) >= 11 is 0. The molecule has 2 aromatic heterocycles. The van der Waals surface area contributed by atoms with Crippen LogP contribution in [0.5, 0.6) is 0 Å². The number of pyridine rings is 1. The Labute approximate surface area is 257 Å². The molecule has 19 heteroatoms. The fourth-order valence-electron chi connectivity index (χ4n) is 6.02. The lowest BCUT2D eigenvalue weighted by atomic mass is 9.93. The van der Waals surface area contributed by atoms with Crippen molar-refractivity contribution in [1.29, 1.82) is 0 Å². The molecule has 250 valence electrons. The number of piperidine rings is 1. The molecule has 4 heterocycles. The lowest BCUT2D eigenvalue weighted by molar-refractivity contribution is -0.162. The van der Waals surface area contributed by atoms with E-state index in [1.54, 1.807) is 12.1 Å². The van der Waals surface area contributed by atoms with Gasteiger partial charge in [0.25, 0.3) is 0 Å². The zero-order chi connectivity index (χ0) is 33.4. The standard InChI is InChI=1S/C27H30F5N6O7P/c28-19-4-1-3-18(22(19)29)16-6-7-20(24(39)36(13-16)14-27(30,31)32)34-25(40)35-11-8-17(9-12-35)38-21-5-2-10-33-23(21)37(26(38)41)15-45-46(42,43)44/h1-5,10,16-17,20H,6-9,11-15H2,(H,34,40)(H2,42,43,44)/t16-,20-/m1/s1. The van der Waals surface area contributed by atoms with E-state index >= 15 is 0 Å². The molecule has 0 bridgehead atoms. The second-order valence-corrected chi connectivity index (χ2v) is 12.4. The maximum Gasteiger partial charge on any atom is 0.471 e. The zero-order valence-corrected chi connectivity index (χ0v) is 25.0. The molecule has 3 N–H and O–H groups in total. The molecule has 0 radical (unpaired) electrons. The number of fused-ring (bicyclic) bond motifs is 1. The van der Waals surface area contributed by atoms with E-state index in [9.17, 15) is 40.9 Å². The van der Waals surface area contributed by atoms with Gasteiger partial charge in [0.15, 0.2) is 17.3 Å². The Morgan fingerprint density at radius 1 is 1.07 bits per heavy atom. The van der Waals surface area contributed by atoms with Crippen LogP contribution < -0.4 is 11.0 Å². The SMILES string of the molecule is O=C(N[C@@H]1CC[C@@H](c2cccc(F)c2F)CN(CC(F)(F)F)C1=O)N1CCC(n2c(=O)n(COP(=O)(O)O)c3ncccc32)CC1. The molecular formula is C27H30F5N6O7P. The highest BCUT2D eigenvalue weighted by Crippen LogP contribution is 2.36. The number of hydrogen-bond acceptors (Lipinski definition) is 6. The monoisotopic (exact) mass is 676 g/mol. The predicted molar refractivity (Wildman–Crippen MR) is 150 cm³/mol. The van der Waals surface area contributed by atoms with Crippen molar-refractivity contribution in [2.45, 2.75) is 56.6 Å². The summed E-state index contributed by atoms with van der Waals surface area (Å²) in [6.45, 7) is -2.71.